The molecule has 0 bridgehead atoms. The van der Waals surface area contributed by atoms with Crippen LogP contribution in [0.3, 0.4) is 0 Å². The second-order valence-electron chi connectivity index (χ2n) is 4.62. The van der Waals surface area contributed by atoms with Gasteiger partial charge in [0.05, 0.1) is 10.6 Å². The fourth-order valence-electron chi connectivity index (χ4n) is 1.90. The van der Waals surface area contributed by atoms with Crippen LogP contribution in [0.1, 0.15) is 6.42 Å². The first-order valence-corrected chi connectivity index (χ1v) is 7.07. The molecular weight excluding hydrogens is 325 g/mol. The highest BCUT2D eigenvalue weighted by Gasteiger charge is 2.12. The summed E-state index contributed by atoms with van der Waals surface area (Å²) in [6.07, 6.45) is 0.0219. The maximum atomic E-state index is 13.5. The number of amides is 1. The first-order valence-electron chi connectivity index (χ1n) is 6.69. The van der Waals surface area contributed by atoms with Crippen LogP contribution >= 0.6 is 11.6 Å². The SMILES string of the molecule is O=C(CCNc1ccccc1[N+](=O)[O-])Nc1ccc(Cl)cc1F. The van der Waals surface area contributed by atoms with Crippen molar-refractivity contribution in [3.8, 4) is 0 Å². The molecule has 0 unspecified atom stereocenters. The highest BCUT2D eigenvalue weighted by atomic mass is 35.5. The number of carbonyl (C=O) groups excluding carboxylic acids is 1. The van der Waals surface area contributed by atoms with E-state index in [4.69, 9.17) is 11.6 Å². The summed E-state index contributed by atoms with van der Waals surface area (Å²) in [4.78, 5) is 22.1. The Morgan fingerprint density at radius 2 is 1.96 bits per heavy atom. The van der Waals surface area contributed by atoms with Gasteiger partial charge in [0.15, 0.2) is 0 Å². The van der Waals surface area contributed by atoms with Crippen molar-refractivity contribution in [3.63, 3.8) is 0 Å². The molecule has 2 rings (SSSR count). The molecule has 2 aromatic rings. The molecule has 0 atom stereocenters. The molecule has 0 heterocycles. The predicted octanol–water partition coefficient (Wildman–Crippen LogP) is 3.83. The lowest BCUT2D eigenvalue weighted by atomic mass is 10.2. The largest absolute Gasteiger partial charge is 0.379 e. The van der Waals surface area contributed by atoms with Gasteiger partial charge in [0.25, 0.3) is 5.69 Å². The average Bonchev–Trinajstić information content (AvgIpc) is 2.50. The topological polar surface area (TPSA) is 84.3 Å². The molecule has 0 aliphatic rings. The first-order chi connectivity index (χ1) is 11.0. The van der Waals surface area contributed by atoms with Gasteiger partial charge in [-0.3, -0.25) is 14.9 Å². The predicted molar refractivity (Wildman–Crippen MR) is 86.2 cm³/mol. The van der Waals surface area contributed by atoms with Crippen LogP contribution in [-0.2, 0) is 4.79 Å². The lowest BCUT2D eigenvalue weighted by Crippen LogP contribution is -2.17. The smallest absolute Gasteiger partial charge is 0.292 e. The Labute approximate surface area is 136 Å². The number of carbonyl (C=O) groups is 1. The van der Waals surface area contributed by atoms with Crippen molar-refractivity contribution in [2.24, 2.45) is 0 Å². The van der Waals surface area contributed by atoms with Gasteiger partial charge in [-0.1, -0.05) is 23.7 Å². The van der Waals surface area contributed by atoms with Crippen LogP contribution in [0.4, 0.5) is 21.5 Å². The molecule has 6 nitrogen and oxygen atoms in total. The standard InChI is InChI=1S/C15H13ClFN3O3/c16-10-5-6-12(11(17)9-10)19-15(21)7-8-18-13-3-1-2-4-14(13)20(22)23/h1-6,9,18H,7-8H2,(H,19,21). The van der Waals surface area contributed by atoms with E-state index >= 15 is 0 Å². The fourth-order valence-corrected chi connectivity index (χ4v) is 2.06. The summed E-state index contributed by atoms with van der Waals surface area (Å²) in [6.45, 7) is 0.173. The summed E-state index contributed by atoms with van der Waals surface area (Å²) in [6, 6.07) is 10.1. The minimum Gasteiger partial charge on any atom is -0.379 e. The number of nitro groups is 1. The van der Waals surface area contributed by atoms with Gasteiger partial charge in [0.2, 0.25) is 5.91 Å². The van der Waals surface area contributed by atoms with Crippen molar-refractivity contribution < 1.29 is 14.1 Å². The van der Waals surface area contributed by atoms with Crippen LogP contribution in [0, 0.1) is 15.9 Å². The van der Waals surface area contributed by atoms with Crippen LogP contribution in [-0.4, -0.2) is 17.4 Å². The minimum atomic E-state index is -0.627. The summed E-state index contributed by atoms with van der Waals surface area (Å²) in [5, 5.41) is 16.3. The molecule has 0 aromatic heterocycles. The number of anilines is 2. The molecule has 2 aromatic carbocycles. The third-order valence-electron chi connectivity index (χ3n) is 2.97. The summed E-state index contributed by atoms with van der Waals surface area (Å²) in [7, 11) is 0. The molecule has 0 aliphatic carbocycles. The molecule has 0 saturated heterocycles. The number of halogens is 2. The van der Waals surface area contributed by atoms with Crippen LogP contribution in [0.15, 0.2) is 42.5 Å². The summed E-state index contributed by atoms with van der Waals surface area (Å²) < 4.78 is 13.5. The van der Waals surface area contributed by atoms with Crippen molar-refractivity contribution in [3.05, 3.63) is 63.4 Å². The van der Waals surface area contributed by atoms with Crippen LogP contribution in [0.2, 0.25) is 5.02 Å². The monoisotopic (exact) mass is 337 g/mol. The molecule has 0 fully saturated rings. The Balaban J connectivity index is 1.89. The Hall–Kier alpha value is -2.67. The Morgan fingerprint density at radius 3 is 2.65 bits per heavy atom. The highest BCUT2D eigenvalue weighted by Crippen LogP contribution is 2.23. The fraction of sp³-hybridized carbons (Fsp3) is 0.133. The third-order valence-corrected chi connectivity index (χ3v) is 3.21. The number of hydrogen-bond acceptors (Lipinski definition) is 4. The van der Waals surface area contributed by atoms with Crippen LogP contribution < -0.4 is 10.6 Å². The number of nitrogens with zero attached hydrogens (tertiary/aromatic N) is 1. The van der Waals surface area contributed by atoms with E-state index in [1.807, 2.05) is 0 Å². The van der Waals surface area contributed by atoms with Gasteiger partial charge in [0.1, 0.15) is 11.5 Å². The molecule has 8 heteroatoms. The number of benzene rings is 2. The number of rotatable bonds is 6. The summed E-state index contributed by atoms with van der Waals surface area (Å²) >= 11 is 5.63. The van der Waals surface area contributed by atoms with Gasteiger partial charge in [0, 0.05) is 24.1 Å². The van der Waals surface area contributed by atoms with E-state index in [0.29, 0.717) is 5.69 Å². The zero-order chi connectivity index (χ0) is 16.8. The second-order valence-corrected chi connectivity index (χ2v) is 5.06. The molecule has 1 amide bonds. The van der Waals surface area contributed by atoms with Crippen LogP contribution in [0.25, 0.3) is 0 Å². The number of nitro benzene ring substituents is 1. The normalized spacial score (nSPS) is 10.2. The number of para-hydroxylation sites is 2. The number of hydrogen-bond donors (Lipinski definition) is 2. The number of nitrogens with one attached hydrogen (secondary N) is 2. The summed E-state index contributed by atoms with van der Waals surface area (Å²) in [5.41, 5.74) is 0.282. The van der Waals surface area contributed by atoms with Gasteiger partial charge in [-0.15, -0.1) is 0 Å². The first kappa shape index (κ1) is 16.7. The molecule has 0 spiro atoms. The van der Waals surface area contributed by atoms with Crippen molar-refractivity contribution >= 4 is 34.6 Å². The molecule has 120 valence electrons. The van der Waals surface area contributed by atoms with E-state index in [1.165, 1.54) is 18.2 Å². The average molecular weight is 338 g/mol. The van der Waals surface area contributed by atoms with Crippen molar-refractivity contribution in [1.82, 2.24) is 0 Å². The summed E-state index contributed by atoms with van der Waals surface area (Å²) in [5.74, 6) is -1.05. The molecular formula is C15H13ClFN3O3. The Kier molecular flexibility index (Phi) is 5.48. The van der Waals surface area contributed by atoms with E-state index < -0.39 is 16.6 Å². The van der Waals surface area contributed by atoms with E-state index in [2.05, 4.69) is 10.6 Å². The molecule has 2 N–H and O–H groups in total. The molecule has 0 saturated carbocycles. The maximum absolute atomic E-state index is 13.5. The molecule has 23 heavy (non-hydrogen) atoms. The third kappa shape index (κ3) is 4.65. The zero-order valence-corrected chi connectivity index (χ0v) is 12.6. The van der Waals surface area contributed by atoms with Crippen molar-refractivity contribution in [1.29, 1.82) is 0 Å². The van der Waals surface area contributed by atoms with Gasteiger partial charge in [-0.05, 0) is 24.3 Å². The highest BCUT2D eigenvalue weighted by molar-refractivity contribution is 6.30. The zero-order valence-electron chi connectivity index (χ0n) is 11.9. The van der Waals surface area contributed by atoms with Gasteiger partial charge in [-0.2, -0.15) is 0 Å². The Morgan fingerprint density at radius 1 is 1.22 bits per heavy atom. The van der Waals surface area contributed by atoms with E-state index in [1.54, 1.807) is 18.2 Å². The van der Waals surface area contributed by atoms with Gasteiger partial charge >= 0.3 is 0 Å². The van der Waals surface area contributed by atoms with Crippen molar-refractivity contribution in [2.75, 3.05) is 17.2 Å². The van der Waals surface area contributed by atoms with Gasteiger partial charge in [-0.25, -0.2) is 4.39 Å². The van der Waals surface area contributed by atoms with Gasteiger partial charge < -0.3 is 10.6 Å². The maximum Gasteiger partial charge on any atom is 0.292 e. The lowest BCUT2D eigenvalue weighted by molar-refractivity contribution is -0.384. The quantitative estimate of drug-likeness (QED) is 0.619. The lowest BCUT2D eigenvalue weighted by Gasteiger charge is -2.08. The molecule has 0 aliphatic heterocycles. The van der Waals surface area contributed by atoms with E-state index in [9.17, 15) is 19.3 Å². The van der Waals surface area contributed by atoms with E-state index in [-0.39, 0.29) is 29.4 Å². The second kappa shape index (κ2) is 7.55. The van der Waals surface area contributed by atoms with Crippen LogP contribution in [0.5, 0.6) is 0 Å². The van der Waals surface area contributed by atoms with E-state index in [0.717, 1.165) is 6.07 Å². The Bertz CT molecular complexity index is 740. The molecule has 0 radical (unpaired) electrons. The van der Waals surface area contributed by atoms with Crippen molar-refractivity contribution in [2.45, 2.75) is 6.42 Å². The minimum absolute atomic E-state index is 0.0219.